The van der Waals surface area contributed by atoms with Crippen LogP contribution in [0.1, 0.15) is 5.56 Å². The van der Waals surface area contributed by atoms with Crippen molar-refractivity contribution in [3.63, 3.8) is 0 Å². The van der Waals surface area contributed by atoms with E-state index in [2.05, 4.69) is 12.1 Å². The Kier molecular flexibility index (Phi) is 3.79. The molecule has 3 aromatic rings. The van der Waals surface area contributed by atoms with Crippen molar-refractivity contribution in [2.75, 3.05) is 0 Å². The van der Waals surface area contributed by atoms with Gasteiger partial charge < -0.3 is 4.74 Å². The number of allylic oxidation sites excluding steroid dienone is 1. The number of ether oxygens (including phenoxy) is 1. The lowest BCUT2D eigenvalue weighted by Crippen LogP contribution is -1.84. The van der Waals surface area contributed by atoms with Crippen LogP contribution in [0.15, 0.2) is 72.8 Å². The number of rotatable bonds is 4. The third-order valence-electron chi connectivity index (χ3n) is 3.20. The van der Waals surface area contributed by atoms with E-state index in [1.54, 1.807) is 6.08 Å². The fourth-order valence-electron chi connectivity index (χ4n) is 2.16. The van der Waals surface area contributed by atoms with E-state index in [-0.39, 0.29) is 0 Å². The molecule has 0 saturated carbocycles. The van der Waals surface area contributed by atoms with Gasteiger partial charge in [-0.3, -0.25) is 4.79 Å². The Morgan fingerprint density at radius 3 is 2.24 bits per heavy atom. The molecule has 2 heteroatoms. The molecule has 0 atom stereocenters. The van der Waals surface area contributed by atoms with Gasteiger partial charge in [0.25, 0.3) is 0 Å². The van der Waals surface area contributed by atoms with E-state index >= 15 is 0 Å². The summed E-state index contributed by atoms with van der Waals surface area (Å²) in [4.78, 5) is 10.3. The summed E-state index contributed by atoms with van der Waals surface area (Å²) in [5.74, 6) is 1.58. The van der Waals surface area contributed by atoms with Gasteiger partial charge in [-0.15, -0.1) is 0 Å². The molecule has 0 aliphatic carbocycles. The van der Waals surface area contributed by atoms with E-state index in [1.807, 2.05) is 54.6 Å². The normalized spacial score (nSPS) is 10.9. The molecule has 0 unspecified atom stereocenters. The lowest BCUT2D eigenvalue weighted by molar-refractivity contribution is -0.104. The van der Waals surface area contributed by atoms with Crippen LogP contribution in [0, 0.1) is 0 Å². The number of fused-ring (bicyclic) bond motifs is 1. The summed E-state index contributed by atoms with van der Waals surface area (Å²) < 4.78 is 5.85. The average Bonchev–Trinajstić information content (AvgIpc) is 2.54. The van der Waals surface area contributed by atoms with E-state index in [9.17, 15) is 4.79 Å². The van der Waals surface area contributed by atoms with Gasteiger partial charge in [-0.25, -0.2) is 0 Å². The summed E-state index contributed by atoms with van der Waals surface area (Å²) in [5, 5.41) is 2.35. The summed E-state index contributed by atoms with van der Waals surface area (Å²) in [6, 6.07) is 21.8. The van der Waals surface area contributed by atoms with Crippen LogP contribution in [-0.4, -0.2) is 6.29 Å². The number of hydrogen-bond acceptors (Lipinski definition) is 2. The highest BCUT2D eigenvalue weighted by molar-refractivity contribution is 5.83. The molecule has 0 aliphatic rings. The molecule has 0 radical (unpaired) electrons. The van der Waals surface area contributed by atoms with E-state index in [1.165, 1.54) is 11.5 Å². The monoisotopic (exact) mass is 274 g/mol. The first kappa shape index (κ1) is 13.1. The van der Waals surface area contributed by atoms with Crippen molar-refractivity contribution < 1.29 is 9.53 Å². The molecule has 0 spiro atoms. The fourth-order valence-corrected chi connectivity index (χ4v) is 2.16. The molecule has 0 aliphatic heterocycles. The van der Waals surface area contributed by atoms with Gasteiger partial charge in [0, 0.05) is 0 Å². The Labute approximate surface area is 123 Å². The molecule has 3 rings (SSSR count). The minimum absolute atomic E-state index is 0.763. The second-order valence-electron chi connectivity index (χ2n) is 4.68. The number of aldehydes is 1. The van der Waals surface area contributed by atoms with Crippen molar-refractivity contribution >= 4 is 23.1 Å². The average molecular weight is 274 g/mol. The number of hydrogen-bond donors (Lipinski definition) is 0. The van der Waals surface area contributed by atoms with Crippen molar-refractivity contribution in [3.8, 4) is 11.5 Å². The molecule has 0 bridgehead atoms. The van der Waals surface area contributed by atoms with E-state index in [0.29, 0.717) is 0 Å². The van der Waals surface area contributed by atoms with E-state index in [4.69, 9.17) is 4.74 Å². The van der Waals surface area contributed by atoms with Crippen LogP contribution in [0.3, 0.4) is 0 Å². The van der Waals surface area contributed by atoms with Crippen molar-refractivity contribution in [2.24, 2.45) is 0 Å². The van der Waals surface area contributed by atoms with Gasteiger partial charge >= 0.3 is 0 Å². The first-order valence-corrected chi connectivity index (χ1v) is 6.74. The predicted molar refractivity (Wildman–Crippen MR) is 85.6 cm³/mol. The van der Waals surface area contributed by atoms with Crippen LogP contribution < -0.4 is 4.74 Å². The first-order chi connectivity index (χ1) is 10.3. The maximum absolute atomic E-state index is 10.3. The van der Waals surface area contributed by atoms with Crippen LogP contribution in [0.4, 0.5) is 0 Å². The third kappa shape index (κ3) is 3.18. The molecule has 0 N–H and O–H groups in total. The molecule has 2 nitrogen and oxygen atoms in total. The van der Waals surface area contributed by atoms with Gasteiger partial charge in [0.15, 0.2) is 0 Å². The van der Waals surface area contributed by atoms with Gasteiger partial charge in [0.05, 0.1) is 0 Å². The van der Waals surface area contributed by atoms with Gasteiger partial charge in [-0.1, -0.05) is 48.5 Å². The van der Waals surface area contributed by atoms with Crippen molar-refractivity contribution in [1.82, 2.24) is 0 Å². The first-order valence-electron chi connectivity index (χ1n) is 6.74. The molecule has 0 fully saturated rings. The summed E-state index contributed by atoms with van der Waals surface area (Å²) in [7, 11) is 0. The largest absolute Gasteiger partial charge is 0.457 e. The highest BCUT2D eigenvalue weighted by Gasteiger charge is 1.99. The summed E-state index contributed by atoms with van der Waals surface area (Å²) in [6.45, 7) is 0. The minimum atomic E-state index is 0.763. The Morgan fingerprint density at radius 1 is 0.762 bits per heavy atom. The molecule has 3 aromatic carbocycles. The lowest BCUT2D eigenvalue weighted by Gasteiger charge is -2.07. The van der Waals surface area contributed by atoms with Crippen LogP contribution in [0.2, 0.25) is 0 Å². The Hall–Kier alpha value is -2.87. The van der Waals surface area contributed by atoms with Gasteiger partial charge in [-0.05, 0) is 46.7 Å². The quantitative estimate of drug-likeness (QED) is 0.502. The zero-order valence-corrected chi connectivity index (χ0v) is 11.4. The zero-order valence-electron chi connectivity index (χ0n) is 11.4. The Balaban J connectivity index is 1.81. The molecule has 0 heterocycles. The molecule has 0 aromatic heterocycles. The molecule has 21 heavy (non-hydrogen) atoms. The molecule has 0 saturated heterocycles. The number of benzene rings is 3. The molecular formula is C19H14O2. The second kappa shape index (κ2) is 6.06. The zero-order chi connectivity index (χ0) is 14.5. The van der Waals surface area contributed by atoms with Crippen LogP contribution in [0.5, 0.6) is 11.5 Å². The topological polar surface area (TPSA) is 26.3 Å². The van der Waals surface area contributed by atoms with Crippen molar-refractivity contribution in [1.29, 1.82) is 0 Å². The van der Waals surface area contributed by atoms with E-state index in [0.717, 1.165) is 28.7 Å². The lowest BCUT2D eigenvalue weighted by atomic mass is 10.1. The highest BCUT2D eigenvalue weighted by Crippen LogP contribution is 2.25. The van der Waals surface area contributed by atoms with E-state index < -0.39 is 0 Å². The van der Waals surface area contributed by atoms with Crippen LogP contribution in [-0.2, 0) is 4.79 Å². The maximum Gasteiger partial charge on any atom is 0.142 e. The Morgan fingerprint density at radius 2 is 1.48 bits per heavy atom. The summed E-state index contributed by atoms with van der Waals surface area (Å²) >= 11 is 0. The highest BCUT2D eigenvalue weighted by atomic mass is 16.5. The van der Waals surface area contributed by atoms with Crippen molar-refractivity contribution in [3.05, 3.63) is 78.4 Å². The van der Waals surface area contributed by atoms with Gasteiger partial charge in [0.1, 0.15) is 17.8 Å². The van der Waals surface area contributed by atoms with Crippen molar-refractivity contribution in [2.45, 2.75) is 0 Å². The Bertz CT molecular complexity index is 786. The second-order valence-corrected chi connectivity index (χ2v) is 4.68. The molecular weight excluding hydrogens is 260 g/mol. The van der Waals surface area contributed by atoms with Crippen LogP contribution >= 0.6 is 0 Å². The fraction of sp³-hybridized carbons (Fsp3) is 0. The minimum Gasteiger partial charge on any atom is -0.457 e. The number of carbonyl (C=O) groups excluding carboxylic acids is 1. The SMILES string of the molecule is O=CC=Cc1ccc(Oc2ccc3ccccc3c2)cc1. The summed E-state index contributed by atoms with van der Waals surface area (Å²) in [6.07, 6.45) is 3.99. The van der Waals surface area contributed by atoms with Gasteiger partial charge in [-0.2, -0.15) is 0 Å². The maximum atomic E-state index is 10.3. The van der Waals surface area contributed by atoms with Gasteiger partial charge in [0.2, 0.25) is 0 Å². The predicted octanol–water partition coefficient (Wildman–Crippen LogP) is 4.84. The standard InChI is InChI=1S/C19H14O2/c20-13-3-4-15-7-10-18(11-8-15)21-19-12-9-16-5-1-2-6-17(16)14-19/h1-14H. The third-order valence-corrected chi connectivity index (χ3v) is 3.20. The molecule has 0 amide bonds. The number of carbonyl (C=O) groups is 1. The van der Waals surface area contributed by atoms with Crippen LogP contribution in [0.25, 0.3) is 16.8 Å². The smallest absolute Gasteiger partial charge is 0.142 e. The molecule has 102 valence electrons. The summed E-state index contributed by atoms with van der Waals surface area (Å²) in [5.41, 5.74) is 0.966.